The third-order valence-electron chi connectivity index (χ3n) is 16.0. The highest BCUT2D eigenvalue weighted by molar-refractivity contribution is 7.27. The number of hydrogen-bond acceptors (Lipinski definition) is 5. The normalized spacial score (nSPS) is 12.1. The van der Waals surface area contributed by atoms with Crippen LogP contribution in [0.4, 0.5) is 34.1 Å². The van der Waals surface area contributed by atoms with E-state index in [9.17, 15) is 0 Å². The number of fused-ring (bicyclic) bond motifs is 15. The summed E-state index contributed by atoms with van der Waals surface area (Å²) in [5.74, 6) is 0. The number of hydrogen-bond donors (Lipinski definition) is 0. The predicted octanol–water partition coefficient (Wildman–Crippen LogP) is 21.5. The number of rotatable bonds is 8. The largest absolute Gasteiger partial charge is 0.456 e. The van der Waals surface area contributed by atoms with Crippen molar-refractivity contribution in [2.24, 2.45) is 0 Å². The molecule has 5 nitrogen and oxygen atoms in total. The Kier molecular flexibility index (Phi) is 9.68. The first kappa shape index (κ1) is 44.2. The van der Waals surface area contributed by atoms with Gasteiger partial charge in [0.1, 0.15) is 11.2 Å². The molecule has 0 aliphatic rings. The van der Waals surface area contributed by atoms with Crippen molar-refractivity contribution >= 4 is 163 Å². The molecule has 0 saturated heterocycles. The molecule has 0 unspecified atom stereocenters. The van der Waals surface area contributed by atoms with Crippen LogP contribution >= 0.6 is 22.7 Å². The number of aromatic nitrogens is 2. The Labute approximate surface area is 461 Å². The number of para-hydroxylation sites is 8. The van der Waals surface area contributed by atoms with E-state index < -0.39 is 0 Å². The third kappa shape index (κ3) is 6.61. The van der Waals surface area contributed by atoms with Crippen LogP contribution in [0.3, 0.4) is 0 Å². The number of nitrogens with zero attached hydrogens (tertiary/aromatic N) is 4. The van der Waals surface area contributed by atoms with Crippen molar-refractivity contribution < 1.29 is 4.42 Å². The molecule has 0 atom stereocenters. The fourth-order valence-corrected chi connectivity index (χ4v) is 15.1. The highest BCUT2D eigenvalue weighted by Gasteiger charge is 2.27. The topological polar surface area (TPSA) is 29.5 Å². The number of furan rings is 1. The van der Waals surface area contributed by atoms with Gasteiger partial charge in [0, 0.05) is 86.0 Å². The van der Waals surface area contributed by atoms with Crippen molar-refractivity contribution in [2.45, 2.75) is 0 Å². The maximum Gasteiger partial charge on any atom is 0.136 e. The predicted molar refractivity (Wildman–Crippen MR) is 338 cm³/mol. The Morgan fingerprint density at radius 2 is 0.633 bits per heavy atom. The van der Waals surface area contributed by atoms with Gasteiger partial charge in [-0.2, -0.15) is 0 Å². The first-order chi connectivity index (χ1) is 39.2. The lowest BCUT2D eigenvalue weighted by Crippen LogP contribution is -2.11. The second-order valence-electron chi connectivity index (χ2n) is 20.4. The molecule has 7 heteroatoms. The second kappa shape index (κ2) is 17.3. The van der Waals surface area contributed by atoms with Crippen LogP contribution in [0.5, 0.6) is 0 Å². The van der Waals surface area contributed by atoms with Crippen molar-refractivity contribution in [1.82, 2.24) is 9.13 Å². The van der Waals surface area contributed by atoms with Gasteiger partial charge in [0.15, 0.2) is 0 Å². The molecule has 5 heterocycles. The molecule has 0 amide bonds. The van der Waals surface area contributed by atoms with Crippen molar-refractivity contribution in [1.29, 1.82) is 0 Å². The minimum atomic E-state index is 0.896. The zero-order chi connectivity index (χ0) is 51.7. The lowest BCUT2D eigenvalue weighted by Gasteiger charge is -2.27. The Bertz CT molecular complexity index is 4940. The zero-order valence-electron chi connectivity index (χ0n) is 42.4. The van der Waals surface area contributed by atoms with E-state index in [4.69, 9.17) is 4.42 Å². The van der Waals surface area contributed by atoms with Crippen LogP contribution in [0, 0.1) is 0 Å². The minimum Gasteiger partial charge on any atom is -0.456 e. The van der Waals surface area contributed by atoms with Crippen molar-refractivity contribution in [2.75, 3.05) is 9.80 Å². The summed E-state index contributed by atoms with van der Waals surface area (Å²) in [6.45, 7) is 0. The average Bonchev–Trinajstić information content (AvgIpc) is 4.43. The van der Waals surface area contributed by atoms with E-state index in [1.54, 1.807) is 0 Å². The van der Waals surface area contributed by atoms with Crippen LogP contribution in [-0.4, -0.2) is 9.13 Å². The number of anilines is 6. The highest BCUT2D eigenvalue weighted by atomic mass is 32.1. The van der Waals surface area contributed by atoms with Gasteiger partial charge in [0.2, 0.25) is 0 Å². The fourth-order valence-electron chi connectivity index (χ4n) is 12.7. The Hall–Kier alpha value is -9.92. The van der Waals surface area contributed by atoms with Crippen LogP contribution < -0.4 is 9.80 Å². The molecule has 370 valence electrons. The molecule has 0 fully saturated rings. The summed E-state index contributed by atoms with van der Waals surface area (Å²) >= 11 is 3.67. The van der Waals surface area contributed by atoms with Crippen molar-refractivity contribution in [3.8, 4) is 11.4 Å². The van der Waals surface area contributed by atoms with Gasteiger partial charge < -0.3 is 23.4 Å². The van der Waals surface area contributed by atoms with Gasteiger partial charge in [-0.1, -0.05) is 158 Å². The van der Waals surface area contributed by atoms with Crippen LogP contribution in [0.2, 0.25) is 0 Å². The molecule has 0 radical (unpaired) electrons. The van der Waals surface area contributed by atoms with Gasteiger partial charge in [0.25, 0.3) is 0 Å². The Morgan fingerprint density at radius 1 is 0.278 bits per heavy atom. The molecule has 0 aliphatic carbocycles. The standard InChI is InChI=1S/C72H44N4OS2/c1-5-21-45(22-6-1)73(61-37-17-31-51-49-29-13-15-35-59(49)75(69(51)61)47-25-9-3-10-26-47)63-39-19-33-53-57-41-55-56-42-58-54-34-20-40-64(72(54)79-68(58)44-66(56)77-65(55)43-67(57)78-71(53)63)74(46-23-7-2-8-24-46)62-38-18-32-52-50-30-14-16-36-60(50)76(70(52)62)48-27-11-4-12-28-48/h1-44H. The molecule has 79 heavy (non-hydrogen) atoms. The zero-order valence-corrected chi connectivity index (χ0v) is 44.1. The first-order valence-electron chi connectivity index (χ1n) is 26.7. The van der Waals surface area contributed by atoms with Gasteiger partial charge >= 0.3 is 0 Å². The molecular formula is C72H44N4OS2. The molecule has 0 N–H and O–H groups in total. The lowest BCUT2D eigenvalue weighted by molar-refractivity contribution is 0.670. The van der Waals surface area contributed by atoms with E-state index in [0.29, 0.717) is 0 Å². The van der Waals surface area contributed by atoms with Crippen LogP contribution in [0.25, 0.3) is 117 Å². The molecular weight excluding hydrogens is 1000 g/mol. The summed E-state index contributed by atoms with van der Waals surface area (Å²) in [7, 11) is 0. The summed E-state index contributed by atoms with van der Waals surface area (Å²) < 4.78 is 16.6. The quantitative estimate of drug-likeness (QED) is 0.152. The third-order valence-corrected chi connectivity index (χ3v) is 18.4. The monoisotopic (exact) mass is 1040 g/mol. The van der Waals surface area contributed by atoms with E-state index in [1.165, 1.54) is 72.9 Å². The maximum absolute atomic E-state index is 6.94. The lowest BCUT2D eigenvalue weighted by atomic mass is 10.0. The fraction of sp³-hybridized carbons (Fsp3) is 0. The molecule has 0 spiro atoms. The highest BCUT2D eigenvalue weighted by Crippen LogP contribution is 2.52. The molecule has 17 aromatic rings. The van der Waals surface area contributed by atoms with Gasteiger partial charge in [-0.25, -0.2) is 0 Å². The maximum atomic E-state index is 6.94. The van der Waals surface area contributed by atoms with Gasteiger partial charge in [-0.05, 0) is 109 Å². The Balaban J connectivity index is 0.849. The molecule has 0 bridgehead atoms. The average molecular weight is 1050 g/mol. The van der Waals surface area contributed by atoms with E-state index in [0.717, 1.165) is 78.5 Å². The van der Waals surface area contributed by atoms with Crippen LogP contribution in [-0.2, 0) is 0 Å². The van der Waals surface area contributed by atoms with Crippen LogP contribution in [0.15, 0.2) is 271 Å². The van der Waals surface area contributed by atoms with E-state index >= 15 is 0 Å². The van der Waals surface area contributed by atoms with Crippen LogP contribution in [0.1, 0.15) is 0 Å². The van der Waals surface area contributed by atoms with E-state index in [1.807, 2.05) is 22.7 Å². The summed E-state index contributed by atoms with van der Waals surface area (Å²) in [5.41, 5.74) is 15.4. The smallest absolute Gasteiger partial charge is 0.136 e. The van der Waals surface area contributed by atoms with Gasteiger partial charge in [0.05, 0.1) is 54.2 Å². The van der Waals surface area contributed by atoms with Gasteiger partial charge in [-0.15, -0.1) is 22.7 Å². The van der Waals surface area contributed by atoms with E-state index in [-0.39, 0.29) is 0 Å². The molecule has 17 rings (SSSR count). The molecule has 0 saturated carbocycles. The summed E-state index contributed by atoms with van der Waals surface area (Å²) in [6, 6.07) is 97.2. The van der Waals surface area contributed by atoms with Crippen molar-refractivity contribution in [3.05, 3.63) is 267 Å². The molecule has 0 aliphatic heterocycles. The second-order valence-corrected chi connectivity index (χ2v) is 22.5. The number of thiophene rings is 2. The van der Waals surface area contributed by atoms with Crippen molar-refractivity contribution in [3.63, 3.8) is 0 Å². The first-order valence-corrected chi connectivity index (χ1v) is 28.4. The SMILES string of the molecule is c1ccc(N(c2cccc3c2sc2cc4oc5cc6sc7c(N(c8ccccc8)c8cccc9c%10ccccc%10n(-c%10ccccc%10)c89)cccc7c6cc5c4cc23)c2cccc3c4ccccc4n(-c4ccccc4)c23)cc1. The number of benzene rings is 12. The summed E-state index contributed by atoms with van der Waals surface area (Å²) in [4.78, 5) is 4.93. The van der Waals surface area contributed by atoms with Gasteiger partial charge in [-0.3, -0.25) is 0 Å². The Morgan fingerprint density at radius 3 is 1.06 bits per heavy atom. The summed E-state index contributed by atoms with van der Waals surface area (Å²) in [5, 5.41) is 12.0. The molecule has 5 aromatic heterocycles. The minimum absolute atomic E-state index is 0.896. The summed E-state index contributed by atoms with van der Waals surface area (Å²) in [6.07, 6.45) is 0. The van der Waals surface area contributed by atoms with E-state index in [2.05, 4.69) is 286 Å². The molecule has 12 aromatic carbocycles.